The van der Waals surface area contributed by atoms with E-state index in [0.29, 0.717) is 17.3 Å². The van der Waals surface area contributed by atoms with Crippen molar-refractivity contribution in [2.45, 2.75) is 25.2 Å². The van der Waals surface area contributed by atoms with Gasteiger partial charge in [-0.2, -0.15) is 4.68 Å². The van der Waals surface area contributed by atoms with Gasteiger partial charge in [0.25, 0.3) is 0 Å². The van der Waals surface area contributed by atoms with E-state index in [9.17, 15) is 13.6 Å². The highest BCUT2D eigenvalue weighted by Gasteiger charge is 2.30. The van der Waals surface area contributed by atoms with Crippen molar-refractivity contribution >= 4 is 11.6 Å². The molecule has 0 unspecified atom stereocenters. The number of benzene rings is 2. The molecule has 0 bridgehead atoms. The lowest BCUT2D eigenvalue weighted by Crippen LogP contribution is -2.16. The summed E-state index contributed by atoms with van der Waals surface area (Å²) in [5.41, 5.74) is 0.618. The number of nitrogens with zero attached hydrogens (tertiary/aromatic N) is 4. The zero-order valence-corrected chi connectivity index (χ0v) is 14.8. The lowest BCUT2D eigenvalue weighted by Gasteiger charge is -2.10. The van der Waals surface area contributed by atoms with E-state index in [-0.39, 0.29) is 36.4 Å². The van der Waals surface area contributed by atoms with Crippen molar-refractivity contribution in [3.63, 3.8) is 0 Å². The molecule has 3 aromatic rings. The van der Waals surface area contributed by atoms with Gasteiger partial charge in [-0.25, -0.2) is 8.78 Å². The van der Waals surface area contributed by atoms with Crippen LogP contribution in [-0.2, 0) is 4.79 Å². The fraction of sp³-hybridized carbons (Fsp3) is 0.263. The molecule has 1 fully saturated rings. The first-order chi connectivity index (χ1) is 13.6. The average Bonchev–Trinajstić information content (AvgIpc) is 3.42. The molecule has 1 aromatic heterocycles. The zero-order chi connectivity index (χ0) is 19.5. The third-order valence-electron chi connectivity index (χ3n) is 4.31. The fourth-order valence-corrected chi connectivity index (χ4v) is 2.73. The molecule has 4 rings (SSSR count). The van der Waals surface area contributed by atoms with Gasteiger partial charge in [0.05, 0.1) is 13.0 Å². The van der Waals surface area contributed by atoms with E-state index >= 15 is 0 Å². The molecule has 9 heteroatoms. The summed E-state index contributed by atoms with van der Waals surface area (Å²) in [5.74, 6) is 0.214. The molecule has 7 nitrogen and oxygen atoms in total. The number of rotatable bonds is 7. The van der Waals surface area contributed by atoms with Crippen LogP contribution in [0.15, 0.2) is 42.5 Å². The summed E-state index contributed by atoms with van der Waals surface area (Å²) in [6.07, 6.45) is 2.04. The van der Waals surface area contributed by atoms with Crippen LogP contribution < -0.4 is 10.1 Å². The maximum absolute atomic E-state index is 14.3. The molecule has 2 aromatic carbocycles. The van der Waals surface area contributed by atoms with Crippen molar-refractivity contribution in [2.24, 2.45) is 0 Å². The molecule has 1 N–H and O–H groups in total. The van der Waals surface area contributed by atoms with E-state index < -0.39 is 5.82 Å². The number of aromatic nitrogens is 4. The van der Waals surface area contributed by atoms with E-state index in [0.717, 1.165) is 12.8 Å². The molecule has 1 aliphatic carbocycles. The summed E-state index contributed by atoms with van der Waals surface area (Å²) in [5, 5.41) is 14.2. The van der Waals surface area contributed by atoms with Crippen LogP contribution in [-0.4, -0.2) is 32.7 Å². The van der Waals surface area contributed by atoms with Gasteiger partial charge in [-0.05, 0) is 65.7 Å². The topological polar surface area (TPSA) is 81.9 Å². The molecule has 28 heavy (non-hydrogen) atoms. The van der Waals surface area contributed by atoms with Gasteiger partial charge in [-0.15, -0.1) is 5.10 Å². The van der Waals surface area contributed by atoms with E-state index in [1.165, 1.54) is 47.1 Å². The Hall–Kier alpha value is -3.36. The number of halogens is 2. The molecule has 0 saturated heterocycles. The Kier molecular flexibility index (Phi) is 4.96. The number of nitrogens with one attached hydrogen (secondary N) is 1. The zero-order valence-electron chi connectivity index (χ0n) is 14.8. The van der Waals surface area contributed by atoms with E-state index in [4.69, 9.17) is 4.74 Å². The van der Waals surface area contributed by atoms with Crippen LogP contribution >= 0.6 is 0 Å². The highest BCUT2D eigenvalue weighted by atomic mass is 19.1. The number of tetrazole rings is 1. The van der Waals surface area contributed by atoms with E-state index in [1.807, 2.05) is 0 Å². The van der Waals surface area contributed by atoms with Crippen LogP contribution in [0, 0.1) is 11.6 Å². The highest BCUT2D eigenvalue weighted by molar-refractivity contribution is 5.91. The number of carbonyl (C=O) groups excluding carboxylic acids is 1. The first kappa shape index (κ1) is 18.0. The summed E-state index contributed by atoms with van der Waals surface area (Å²) in [7, 11) is 0. The molecule has 1 aliphatic rings. The quantitative estimate of drug-likeness (QED) is 0.675. The van der Waals surface area contributed by atoms with E-state index in [1.54, 1.807) is 0 Å². The van der Waals surface area contributed by atoms with Crippen molar-refractivity contribution in [3.05, 3.63) is 59.9 Å². The number of hydrogen-bond acceptors (Lipinski definition) is 5. The average molecular weight is 385 g/mol. The van der Waals surface area contributed by atoms with Gasteiger partial charge in [-0.3, -0.25) is 4.79 Å². The van der Waals surface area contributed by atoms with Gasteiger partial charge < -0.3 is 10.1 Å². The van der Waals surface area contributed by atoms with E-state index in [2.05, 4.69) is 20.8 Å². The Morgan fingerprint density at radius 1 is 1.18 bits per heavy atom. The first-order valence-electron chi connectivity index (χ1n) is 8.86. The number of amides is 1. The monoisotopic (exact) mass is 385 g/mol. The summed E-state index contributed by atoms with van der Waals surface area (Å²) in [4.78, 5) is 12.1. The Labute approximate surface area is 159 Å². The van der Waals surface area contributed by atoms with Crippen LogP contribution in [0.5, 0.6) is 5.75 Å². The van der Waals surface area contributed by atoms with Gasteiger partial charge in [0.15, 0.2) is 5.82 Å². The molecule has 1 saturated carbocycles. The van der Waals surface area contributed by atoms with Gasteiger partial charge in [0.2, 0.25) is 5.91 Å². The van der Waals surface area contributed by atoms with Crippen LogP contribution in [0.3, 0.4) is 0 Å². The second-order valence-corrected chi connectivity index (χ2v) is 6.49. The molecular formula is C19H17F2N5O2. The smallest absolute Gasteiger partial charge is 0.227 e. The molecule has 1 heterocycles. The van der Waals surface area contributed by atoms with Crippen LogP contribution in [0.25, 0.3) is 5.69 Å². The van der Waals surface area contributed by atoms with Crippen LogP contribution in [0.1, 0.15) is 31.0 Å². The Bertz CT molecular complexity index is 986. The van der Waals surface area contributed by atoms with Crippen molar-refractivity contribution in [3.8, 4) is 11.4 Å². The minimum atomic E-state index is -0.480. The van der Waals surface area contributed by atoms with Crippen molar-refractivity contribution in [1.82, 2.24) is 20.2 Å². The molecule has 144 valence electrons. The first-order valence-corrected chi connectivity index (χ1v) is 8.86. The fourth-order valence-electron chi connectivity index (χ4n) is 2.73. The Morgan fingerprint density at radius 3 is 2.71 bits per heavy atom. The van der Waals surface area contributed by atoms with Crippen molar-refractivity contribution in [1.29, 1.82) is 0 Å². The molecule has 0 aliphatic heterocycles. The number of ether oxygens (including phenoxy) is 1. The third-order valence-corrected chi connectivity index (χ3v) is 4.31. The summed E-state index contributed by atoms with van der Waals surface area (Å²) in [6, 6.07) is 9.77. The third kappa shape index (κ3) is 4.13. The molecule has 0 spiro atoms. The Morgan fingerprint density at radius 2 is 1.96 bits per heavy atom. The molecule has 0 atom stereocenters. The minimum Gasteiger partial charge on any atom is -0.493 e. The largest absolute Gasteiger partial charge is 0.493 e. The highest BCUT2D eigenvalue weighted by Crippen LogP contribution is 2.39. The minimum absolute atomic E-state index is 0.0856. The molecule has 1 amide bonds. The van der Waals surface area contributed by atoms with Gasteiger partial charge in [0, 0.05) is 11.6 Å². The maximum atomic E-state index is 14.3. The van der Waals surface area contributed by atoms with Crippen molar-refractivity contribution in [2.75, 3.05) is 11.9 Å². The summed E-state index contributed by atoms with van der Waals surface area (Å²) < 4.78 is 33.9. The Balaban J connectivity index is 1.38. The summed E-state index contributed by atoms with van der Waals surface area (Å²) >= 11 is 0. The predicted molar refractivity (Wildman–Crippen MR) is 96.2 cm³/mol. The second kappa shape index (κ2) is 7.71. The number of hydrogen-bond donors (Lipinski definition) is 1. The lowest BCUT2D eigenvalue weighted by molar-refractivity contribution is -0.116. The molecule has 0 radical (unpaired) electrons. The standard InChI is InChI=1S/C19H17F2N5O2/c20-13-3-6-15(7-4-13)28-10-9-18(27)22-14-5-8-16(21)17(11-14)26-19(12-1-2-12)23-24-25-26/h3-8,11-12H,1-2,9-10H2,(H,22,27). The van der Waals surface area contributed by atoms with Gasteiger partial charge in [0.1, 0.15) is 23.1 Å². The normalized spacial score (nSPS) is 13.4. The lowest BCUT2D eigenvalue weighted by atomic mass is 10.2. The number of anilines is 1. The SMILES string of the molecule is O=C(CCOc1ccc(F)cc1)Nc1ccc(F)c(-n2nnnc2C2CC2)c1. The number of carbonyl (C=O) groups is 1. The maximum Gasteiger partial charge on any atom is 0.227 e. The predicted octanol–water partition coefficient (Wildman–Crippen LogP) is 3.23. The van der Waals surface area contributed by atoms with Crippen LogP contribution in [0.2, 0.25) is 0 Å². The van der Waals surface area contributed by atoms with Crippen LogP contribution in [0.4, 0.5) is 14.5 Å². The summed E-state index contributed by atoms with van der Waals surface area (Å²) in [6.45, 7) is 0.129. The second-order valence-electron chi connectivity index (χ2n) is 6.49. The van der Waals surface area contributed by atoms with Gasteiger partial charge in [-0.1, -0.05) is 0 Å². The molecular weight excluding hydrogens is 368 g/mol. The van der Waals surface area contributed by atoms with Gasteiger partial charge >= 0.3 is 0 Å². The van der Waals surface area contributed by atoms with Crippen molar-refractivity contribution < 1.29 is 18.3 Å².